The summed E-state index contributed by atoms with van der Waals surface area (Å²) in [6.45, 7) is 7.53. The molecule has 3 aliphatic rings. The Balaban J connectivity index is 1.42. The highest BCUT2D eigenvalue weighted by Crippen LogP contribution is 2.33. The fraction of sp³-hybridized carbons (Fsp3) is 0.545. The number of quaternary nitrogens is 1. The second-order valence-corrected chi connectivity index (χ2v) is 7.78. The molecule has 0 aromatic heterocycles. The van der Waals surface area contributed by atoms with Crippen LogP contribution in [-0.2, 0) is 9.53 Å². The molecule has 29 heavy (non-hydrogen) atoms. The summed E-state index contributed by atoms with van der Waals surface area (Å²) in [6, 6.07) is 8.44. The molecule has 1 amide bonds. The Hall–Kier alpha value is -2.38. The van der Waals surface area contributed by atoms with Crippen molar-refractivity contribution in [2.45, 2.75) is 25.8 Å². The molecule has 0 bridgehead atoms. The number of anilines is 1. The van der Waals surface area contributed by atoms with Gasteiger partial charge in [-0.05, 0) is 31.2 Å². The monoisotopic (exact) mass is 399 g/mol. The van der Waals surface area contributed by atoms with Crippen LogP contribution in [-0.4, -0.2) is 80.7 Å². The van der Waals surface area contributed by atoms with E-state index in [1.54, 1.807) is 7.11 Å². The van der Waals surface area contributed by atoms with E-state index in [1.807, 2.05) is 29.3 Å². The van der Waals surface area contributed by atoms with Gasteiger partial charge in [0.2, 0.25) is 5.70 Å². The van der Waals surface area contributed by atoms with Gasteiger partial charge in [0.1, 0.15) is 18.3 Å². The minimum Gasteiger partial charge on any atom is -0.497 e. The van der Waals surface area contributed by atoms with Gasteiger partial charge in [-0.2, -0.15) is 4.59 Å². The molecule has 2 fully saturated rings. The summed E-state index contributed by atoms with van der Waals surface area (Å²) in [5, 5.41) is 4.78. The molecular formula is C22H31N4O3+. The molecule has 1 aromatic carbocycles. The Bertz CT molecular complexity index is 778. The van der Waals surface area contributed by atoms with Crippen LogP contribution in [0.3, 0.4) is 0 Å². The molecule has 0 aliphatic carbocycles. The van der Waals surface area contributed by atoms with E-state index < -0.39 is 0 Å². The van der Waals surface area contributed by atoms with Crippen molar-refractivity contribution >= 4 is 17.8 Å². The third-order valence-electron chi connectivity index (χ3n) is 6.42. The number of methoxy groups -OCH3 is 1. The van der Waals surface area contributed by atoms with Crippen molar-refractivity contribution in [3.63, 3.8) is 0 Å². The van der Waals surface area contributed by atoms with Gasteiger partial charge < -0.3 is 19.3 Å². The van der Waals surface area contributed by atoms with E-state index >= 15 is 0 Å². The smallest absolute Gasteiger partial charge is 0.310 e. The Labute approximate surface area is 172 Å². The van der Waals surface area contributed by atoms with Gasteiger partial charge in [-0.1, -0.05) is 5.10 Å². The third kappa shape index (κ3) is 3.76. The van der Waals surface area contributed by atoms with E-state index in [0.29, 0.717) is 10.6 Å². The van der Waals surface area contributed by atoms with Gasteiger partial charge in [0.15, 0.2) is 0 Å². The topological polar surface area (TPSA) is 54.4 Å². The lowest BCUT2D eigenvalue weighted by molar-refractivity contribution is -0.916. The number of amides is 1. The standard InChI is InChI=1S/C22H31N4O3/c1-3-26(19-9-16-29-17-10-19)21(8-11-23-26)22(27)25-14-12-24(13-15-25)18-4-6-20(28-2)7-5-18/h4-8,11,19H,3,9-10,12-17H2,1-2H3/q+1. The maximum atomic E-state index is 13.4. The summed E-state index contributed by atoms with van der Waals surface area (Å²) in [7, 11) is 1.68. The van der Waals surface area contributed by atoms with Crippen molar-refractivity contribution in [1.82, 2.24) is 4.90 Å². The van der Waals surface area contributed by atoms with E-state index in [9.17, 15) is 4.79 Å². The minimum atomic E-state index is 0.130. The van der Waals surface area contributed by atoms with E-state index in [1.165, 1.54) is 5.69 Å². The number of carbonyl (C=O) groups excluding carboxylic acids is 1. The lowest BCUT2D eigenvalue weighted by Gasteiger charge is -2.41. The molecule has 7 heteroatoms. The molecule has 4 rings (SSSR count). The van der Waals surface area contributed by atoms with Crippen LogP contribution in [0.2, 0.25) is 0 Å². The fourth-order valence-electron chi connectivity index (χ4n) is 4.69. The molecule has 1 aromatic rings. The number of ether oxygens (including phenoxy) is 2. The zero-order chi connectivity index (χ0) is 20.3. The molecular weight excluding hydrogens is 368 g/mol. The first kappa shape index (κ1) is 19.9. The van der Waals surface area contributed by atoms with Gasteiger partial charge in [0, 0.05) is 50.8 Å². The summed E-state index contributed by atoms with van der Waals surface area (Å²) in [4.78, 5) is 17.8. The highest BCUT2D eigenvalue weighted by Gasteiger charge is 2.47. The van der Waals surface area contributed by atoms with Crippen molar-refractivity contribution in [3.8, 4) is 5.75 Å². The van der Waals surface area contributed by atoms with Crippen LogP contribution in [0.15, 0.2) is 41.1 Å². The number of allylic oxidation sites excluding steroid dienone is 1. The van der Waals surface area contributed by atoms with Crippen LogP contribution in [0, 0.1) is 0 Å². The van der Waals surface area contributed by atoms with Crippen molar-refractivity contribution in [2.24, 2.45) is 5.10 Å². The summed E-state index contributed by atoms with van der Waals surface area (Å²) in [5.74, 6) is 0.989. The molecule has 0 N–H and O–H groups in total. The van der Waals surface area contributed by atoms with Crippen LogP contribution in [0.1, 0.15) is 19.8 Å². The van der Waals surface area contributed by atoms with Crippen molar-refractivity contribution in [3.05, 3.63) is 36.0 Å². The number of piperazine rings is 1. The lowest BCUT2D eigenvalue weighted by Crippen LogP contribution is -2.57. The predicted molar refractivity (Wildman–Crippen MR) is 113 cm³/mol. The second-order valence-electron chi connectivity index (χ2n) is 7.78. The quantitative estimate of drug-likeness (QED) is 0.713. The number of nitrogens with zero attached hydrogens (tertiary/aromatic N) is 4. The second kappa shape index (κ2) is 8.55. The molecule has 7 nitrogen and oxygen atoms in total. The number of carbonyl (C=O) groups is 1. The molecule has 156 valence electrons. The number of rotatable bonds is 5. The number of hydrogen-bond donors (Lipinski definition) is 0. The predicted octanol–water partition coefficient (Wildman–Crippen LogP) is 2.24. The van der Waals surface area contributed by atoms with Crippen molar-refractivity contribution < 1.29 is 18.9 Å². The largest absolute Gasteiger partial charge is 0.497 e. The van der Waals surface area contributed by atoms with E-state index in [-0.39, 0.29) is 5.91 Å². The first-order chi connectivity index (χ1) is 14.2. The summed E-state index contributed by atoms with van der Waals surface area (Å²) >= 11 is 0. The molecule has 3 aliphatic heterocycles. The lowest BCUT2D eigenvalue weighted by atomic mass is 10.0. The summed E-state index contributed by atoms with van der Waals surface area (Å²) in [5.41, 5.74) is 1.99. The van der Waals surface area contributed by atoms with Gasteiger partial charge in [0.05, 0.1) is 26.5 Å². The van der Waals surface area contributed by atoms with Crippen LogP contribution < -0.4 is 9.64 Å². The van der Waals surface area contributed by atoms with Crippen LogP contribution in [0.4, 0.5) is 5.69 Å². The van der Waals surface area contributed by atoms with Gasteiger partial charge in [0.25, 0.3) is 0 Å². The average Bonchev–Trinajstić information content (AvgIpc) is 3.25. The summed E-state index contributed by atoms with van der Waals surface area (Å²) in [6.07, 6.45) is 5.64. The van der Waals surface area contributed by atoms with Gasteiger partial charge in [-0.3, -0.25) is 4.79 Å². The van der Waals surface area contributed by atoms with E-state index in [2.05, 4.69) is 24.0 Å². The van der Waals surface area contributed by atoms with Gasteiger partial charge in [-0.25, -0.2) is 0 Å². The first-order valence-corrected chi connectivity index (χ1v) is 10.6. The SMILES string of the molecule is CC[N+]1(C2CCOCC2)N=CC=C1C(=O)N1CCN(c2ccc(OC)cc2)CC1. The minimum absolute atomic E-state index is 0.130. The molecule has 0 spiro atoms. The average molecular weight is 400 g/mol. The van der Waals surface area contributed by atoms with Crippen LogP contribution in [0.5, 0.6) is 5.75 Å². The highest BCUT2D eigenvalue weighted by atomic mass is 16.5. The normalized spacial score (nSPS) is 25.2. The van der Waals surface area contributed by atoms with Crippen molar-refractivity contribution in [1.29, 1.82) is 0 Å². The third-order valence-corrected chi connectivity index (χ3v) is 6.42. The zero-order valence-electron chi connectivity index (χ0n) is 17.4. The molecule has 0 saturated carbocycles. The molecule has 2 saturated heterocycles. The van der Waals surface area contributed by atoms with E-state index in [4.69, 9.17) is 14.6 Å². The molecule has 3 heterocycles. The number of benzene rings is 1. The van der Waals surface area contributed by atoms with Gasteiger partial charge in [-0.15, -0.1) is 0 Å². The Morgan fingerprint density at radius 1 is 1.17 bits per heavy atom. The first-order valence-electron chi connectivity index (χ1n) is 10.6. The highest BCUT2D eigenvalue weighted by molar-refractivity contribution is 5.96. The molecule has 0 radical (unpaired) electrons. The van der Waals surface area contributed by atoms with Crippen molar-refractivity contribution in [2.75, 3.05) is 57.9 Å². The fourth-order valence-corrected chi connectivity index (χ4v) is 4.69. The molecule has 1 atom stereocenters. The number of likely N-dealkylation sites (N-methyl/N-ethyl adjacent to an activating group) is 1. The Morgan fingerprint density at radius 3 is 2.48 bits per heavy atom. The van der Waals surface area contributed by atoms with Gasteiger partial charge >= 0.3 is 5.91 Å². The summed E-state index contributed by atoms with van der Waals surface area (Å²) < 4.78 is 11.2. The Kier molecular flexibility index (Phi) is 5.87. The van der Waals surface area contributed by atoms with Crippen LogP contribution >= 0.6 is 0 Å². The van der Waals surface area contributed by atoms with Crippen LogP contribution in [0.25, 0.3) is 0 Å². The maximum absolute atomic E-state index is 13.4. The molecule has 1 unspecified atom stereocenters. The zero-order valence-corrected chi connectivity index (χ0v) is 17.4. The Morgan fingerprint density at radius 2 is 1.86 bits per heavy atom. The van der Waals surface area contributed by atoms with E-state index in [0.717, 1.165) is 70.2 Å². The maximum Gasteiger partial charge on any atom is 0.310 e. The number of hydrogen-bond acceptors (Lipinski definition) is 5.